The first-order valence-electron chi connectivity index (χ1n) is 6.07. The molecule has 0 bridgehead atoms. The number of terminal acetylenes is 1. The van der Waals surface area contributed by atoms with Gasteiger partial charge in [-0.05, 0) is 12.1 Å². The van der Waals surface area contributed by atoms with Crippen LogP contribution in [0.1, 0.15) is 10.4 Å². The maximum atomic E-state index is 12.0. The van der Waals surface area contributed by atoms with Crippen molar-refractivity contribution in [3.63, 3.8) is 0 Å². The van der Waals surface area contributed by atoms with Crippen LogP contribution in [0.3, 0.4) is 0 Å². The second-order valence-electron chi connectivity index (χ2n) is 4.40. The average Bonchev–Trinajstić information content (AvgIpc) is 2.54. The molecule has 1 rings (SSSR count). The fourth-order valence-electron chi connectivity index (χ4n) is 1.40. The van der Waals surface area contributed by atoms with Gasteiger partial charge in [-0.25, -0.2) is 4.79 Å². The van der Waals surface area contributed by atoms with Crippen molar-refractivity contribution in [3.05, 3.63) is 29.8 Å². The van der Waals surface area contributed by atoms with E-state index < -0.39 is 31.2 Å². The number of hydrogen-bond acceptors (Lipinski definition) is 7. The number of nitrogens with zero attached hydrogens (tertiary/aromatic N) is 2. The Morgan fingerprint density at radius 1 is 1.24 bits per heavy atom. The molecule has 1 aromatic rings. The molecular weight excluding hydrogens is 276 g/mol. The first kappa shape index (κ1) is 16.8. The lowest BCUT2D eigenvalue weighted by Gasteiger charge is -2.26. The van der Waals surface area contributed by atoms with Gasteiger partial charge in [0.05, 0.1) is 36.8 Å². The van der Waals surface area contributed by atoms with Crippen molar-refractivity contribution in [3.8, 4) is 12.5 Å². The monoisotopic (exact) mass is 292 g/mol. The number of azo groups is 1. The minimum atomic E-state index is -1.29. The second-order valence-corrected chi connectivity index (χ2v) is 4.40. The van der Waals surface area contributed by atoms with Crippen molar-refractivity contribution >= 4 is 11.7 Å². The molecule has 0 aromatic heterocycles. The van der Waals surface area contributed by atoms with Gasteiger partial charge >= 0.3 is 5.97 Å². The van der Waals surface area contributed by atoms with Gasteiger partial charge in [-0.2, -0.15) is 0 Å². The number of aliphatic hydroxyl groups is 3. The highest BCUT2D eigenvalue weighted by Crippen LogP contribution is 2.22. The zero-order chi connectivity index (χ0) is 15.7. The maximum absolute atomic E-state index is 12.0. The zero-order valence-corrected chi connectivity index (χ0v) is 11.3. The highest BCUT2D eigenvalue weighted by Gasteiger charge is 2.30. The van der Waals surface area contributed by atoms with Gasteiger partial charge in [-0.1, -0.05) is 23.7 Å². The van der Waals surface area contributed by atoms with Crippen molar-refractivity contribution in [1.29, 1.82) is 0 Å². The molecule has 112 valence electrons. The van der Waals surface area contributed by atoms with Gasteiger partial charge in [0, 0.05) is 0 Å². The molecule has 0 spiro atoms. The molecule has 0 atom stereocenters. The van der Waals surface area contributed by atoms with Crippen molar-refractivity contribution in [2.45, 2.75) is 0 Å². The molecule has 0 aliphatic heterocycles. The molecule has 0 saturated heterocycles. The average molecular weight is 292 g/mol. The molecule has 7 nitrogen and oxygen atoms in total. The summed E-state index contributed by atoms with van der Waals surface area (Å²) >= 11 is 0. The third-order valence-electron chi connectivity index (χ3n) is 2.86. The van der Waals surface area contributed by atoms with Crippen molar-refractivity contribution in [2.24, 2.45) is 15.6 Å². The zero-order valence-electron chi connectivity index (χ0n) is 11.3. The molecule has 7 heteroatoms. The molecule has 0 fully saturated rings. The van der Waals surface area contributed by atoms with Crippen molar-refractivity contribution in [2.75, 3.05) is 26.4 Å². The Kier molecular flexibility index (Phi) is 6.49. The van der Waals surface area contributed by atoms with E-state index in [1.54, 1.807) is 12.1 Å². The van der Waals surface area contributed by atoms with Crippen LogP contribution in [0.4, 0.5) is 5.69 Å². The standard InChI is InChI=1S/C14H16N2O5/c1-2-15-16-12-6-4-3-5-11(12)13(20)21-10-14(7-17,8-18)9-19/h1,3-6,17-19H,7-10H2. The Hall–Kier alpha value is -2.27. The fraction of sp³-hybridized carbons (Fsp3) is 0.357. The molecule has 0 saturated carbocycles. The quantitative estimate of drug-likeness (QED) is 0.384. The summed E-state index contributed by atoms with van der Waals surface area (Å²) in [4.78, 5) is 12.0. The van der Waals surface area contributed by atoms with Crippen LogP contribution < -0.4 is 0 Å². The van der Waals surface area contributed by atoms with E-state index in [1.165, 1.54) is 12.1 Å². The van der Waals surface area contributed by atoms with Crippen molar-refractivity contribution in [1.82, 2.24) is 0 Å². The van der Waals surface area contributed by atoms with E-state index in [0.29, 0.717) is 0 Å². The molecule has 1 aromatic carbocycles. The van der Waals surface area contributed by atoms with E-state index in [0.717, 1.165) is 0 Å². The Bertz CT molecular complexity index is 538. The SMILES string of the molecule is C#CN=Nc1ccccc1C(=O)OCC(CO)(CO)CO. The van der Waals surface area contributed by atoms with Gasteiger partial charge in [0.15, 0.2) is 0 Å². The van der Waals surface area contributed by atoms with Crippen LogP contribution in [0, 0.1) is 17.9 Å². The summed E-state index contributed by atoms with van der Waals surface area (Å²) in [7, 11) is 0. The van der Waals surface area contributed by atoms with E-state index in [9.17, 15) is 4.79 Å². The number of benzene rings is 1. The van der Waals surface area contributed by atoms with Gasteiger partial charge in [0.1, 0.15) is 12.3 Å². The lowest BCUT2D eigenvalue weighted by atomic mass is 9.92. The number of carbonyl (C=O) groups is 1. The van der Waals surface area contributed by atoms with E-state index >= 15 is 0 Å². The summed E-state index contributed by atoms with van der Waals surface area (Å²) in [6.45, 7) is -1.90. The minimum Gasteiger partial charge on any atom is -0.461 e. The van der Waals surface area contributed by atoms with Crippen LogP contribution in [-0.2, 0) is 4.74 Å². The first-order valence-corrected chi connectivity index (χ1v) is 6.07. The van der Waals surface area contributed by atoms with Gasteiger partial charge in [-0.15, -0.1) is 5.11 Å². The van der Waals surface area contributed by atoms with Crippen LogP contribution in [-0.4, -0.2) is 47.7 Å². The van der Waals surface area contributed by atoms with Crippen LogP contribution in [0.15, 0.2) is 34.5 Å². The largest absolute Gasteiger partial charge is 0.461 e. The number of hydrogen-bond donors (Lipinski definition) is 3. The van der Waals surface area contributed by atoms with E-state index in [-0.39, 0.29) is 17.9 Å². The molecular formula is C14H16N2O5. The summed E-state index contributed by atoms with van der Waals surface area (Å²) < 4.78 is 5.01. The number of carbonyl (C=O) groups excluding carboxylic acids is 1. The molecule has 0 heterocycles. The maximum Gasteiger partial charge on any atom is 0.340 e. The summed E-state index contributed by atoms with van der Waals surface area (Å²) in [5.41, 5.74) is -0.910. The lowest BCUT2D eigenvalue weighted by molar-refractivity contribution is -0.0440. The molecule has 0 unspecified atom stereocenters. The van der Waals surface area contributed by atoms with Crippen LogP contribution in [0.25, 0.3) is 0 Å². The van der Waals surface area contributed by atoms with Gasteiger partial charge in [0.25, 0.3) is 0 Å². The van der Waals surface area contributed by atoms with E-state index in [1.807, 2.05) is 6.04 Å². The third-order valence-corrected chi connectivity index (χ3v) is 2.86. The van der Waals surface area contributed by atoms with Gasteiger partial charge in [-0.3, -0.25) is 0 Å². The Balaban J connectivity index is 2.86. The molecule has 21 heavy (non-hydrogen) atoms. The van der Waals surface area contributed by atoms with Crippen LogP contribution in [0.5, 0.6) is 0 Å². The first-order chi connectivity index (χ1) is 10.1. The summed E-state index contributed by atoms with van der Waals surface area (Å²) in [5, 5.41) is 34.5. The van der Waals surface area contributed by atoms with Gasteiger partial charge < -0.3 is 20.1 Å². The summed E-state index contributed by atoms with van der Waals surface area (Å²) in [6.07, 6.45) is 4.96. The van der Waals surface area contributed by atoms with E-state index in [4.69, 9.17) is 26.5 Å². The number of rotatable bonds is 7. The Morgan fingerprint density at radius 2 is 1.86 bits per heavy atom. The molecule has 0 amide bonds. The number of ether oxygens (including phenoxy) is 1. The predicted octanol–water partition coefficient (Wildman–Crippen LogP) is 0.481. The third kappa shape index (κ3) is 4.36. The van der Waals surface area contributed by atoms with E-state index in [2.05, 4.69) is 10.2 Å². The normalized spacial score (nSPS) is 11.3. The summed E-state index contributed by atoms with van der Waals surface area (Å²) in [6, 6.07) is 8.26. The van der Waals surface area contributed by atoms with Crippen LogP contribution >= 0.6 is 0 Å². The number of aliphatic hydroxyl groups excluding tert-OH is 3. The van der Waals surface area contributed by atoms with Crippen LogP contribution in [0.2, 0.25) is 0 Å². The number of esters is 1. The summed E-state index contributed by atoms with van der Waals surface area (Å²) in [5.74, 6) is -0.721. The molecule has 3 N–H and O–H groups in total. The molecule has 0 aliphatic carbocycles. The highest BCUT2D eigenvalue weighted by molar-refractivity contribution is 5.94. The fourth-order valence-corrected chi connectivity index (χ4v) is 1.40. The topological polar surface area (TPSA) is 112 Å². The highest BCUT2D eigenvalue weighted by atomic mass is 16.5. The minimum absolute atomic E-state index is 0.138. The van der Waals surface area contributed by atoms with Gasteiger partial charge in [0.2, 0.25) is 0 Å². The molecule has 0 radical (unpaired) electrons. The second kappa shape index (κ2) is 8.11. The Morgan fingerprint density at radius 3 is 2.43 bits per heavy atom. The molecule has 0 aliphatic rings. The lowest BCUT2D eigenvalue weighted by Crippen LogP contribution is -2.39. The smallest absolute Gasteiger partial charge is 0.340 e. The Labute approximate surface area is 121 Å². The van der Waals surface area contributed by atoms with Crippen molar-refractivity contribution < 1.29 is 24.9 Å². The predicted molar refractivity (Wildman–Crippen MR) is 73.8 cm³/mol.